The average molecular weight is 184 g/mol. The molecule has 5 nitrogen and oxygen atoms in total. The molecule has 0 unspecified atom stereocenters. The van der Waals surface area contributed by atoms with Crippen LogP contribution in [-0.4, -0.2) is 20.8 Å². The molecule has 0 aliphatic rings. The van der Waals surface area contributed by atoms with Gasteiger partial charge in [0.1, 0.15) is 0 Å². The second-order valence-corrected chi connectivity index (χ2v) is 2.78. The van der Waals surface area contributed by atoms with Crippen LogP contribution in [0, 0.1) is 0 Å². The van der Waals surface area contributed by atoms with E-state index in [4.69, 9.17) is 5.11 Å². The van der Waals surface area contributed by atoms with Crippen molar-refractivity contribution in [2.75, 3.05) is 6.61 Å². The van der Waals surface area contributed by atoms with Gasteiger partial charge in [-0.05, 0) is 6.42 Å². The van der Waals surface area contributed by atoms with Crippen LogP contribution in [0.5, 0.6) is 0 Å². The van der Waals surface area contributed by atoms with Crippen LogP contribution >= 0.6 is 0 Å². The molecule has 1 N–H and O–H groups in total. The third-order valence-electron chi connectivity index (χ3n) is 1.78. The molecule has 0 fully saturated rings. The van der Waals surface area contributed by atoms with E-state index in [1.807, 2.05) is 0 Å². The van der Waals surface area contributed by atoms with E-state index >= 15 is 0 Å². The van der Waals surface area contributed by atoms with Gasteiger partial charge in [-0.15, -0.1) is 0 Å². The molecule has 1 heterocycles. The molecule has 0 bridgehead atoms. The molecule has 5 heteroatoms. The number of nitrogens with zero attached hydrogens (tertiary/aromatic N) is 2. The molecule has 0 aliphatic heterocycles. The Morgan fingerprint density at radius 1 is 1.46 bits per heavy atom. The Labute approximate surface area is 74.9 Å². The van der Waals surface area contributed by atoms with Crippen molar-refractivity contribution in [3.05, 3.63) is 33.1 Å². The normalized spacial score (nSPS) is 10.3. The van der Waals surface area contributed by atoms with Crippen LogP contribution in [0.2, 0.25) is 0 Å². The summed E-state index contributed by atoms with van der Waals surface area (Å²) >= 11 is 0. The summed E-state index contributed by atoms with van der Waals surface area (Å²) in [4.78, 5) is 22.5. The highest BCUT2D eigenvalue weighted by molar-refractivity contribution is 4.85. The maximum absolute atomic E-state index is 11.3. The predicted octanol–water partition coefficient (Wildman–Crippen LogP) is -1.07. The lowest BCUT2D eigenvalue weighted by atomic mass is 10.4. The summed E-state index contributed by atoms with van der Waals surface area (Å²) in [7, 11) is 1.58. The summed E-state index contributed by atoms with van der Waals surface area (Å²) in [6.45, 7) is 0.243. The Bertz CT molecular complexity index is 391. The van der Waals surface area contributed by atoms with Gasteiger partial charge in [-0.1, -0.05) is 0 Å². The predicted molar refractivity (Wildman–Crippen MR) is 47.6 cm³/mol. The van der Waals surface area contributed by atoms with Crippen molar-refractivity contribution < 1.29 is 5.11 Å². The number of aromatic nitrogens is 2. The first kappa shape index (κ1) is 9.73. The second-order valence-electron chi connectivity index (χ2n) is 2.78. The number of rotatable bonds is 3. The van der Waals surface area contributed by atoms with Crippen LogP contribution in [0.4, 0.5) is 0 Å². The van der Waals surface area contributed by atoms with Gasteiger partial charge in [0.05, 0.1) is 0 Å². The van der Waals surface area contributed by atoms with Crippen LogP contribution in [0.3, 0.4) is 0 Å². The fourth-order valence-corrected chi connectivity index (χ4v) is 1.05. The topological polar surface area (TPSA) is 64.2 Å². The molecule has 0 aromatic carbocycles. The lowest BCUT2D eigenvalue weighted by molar-refractivity contribution is 0.277. The van der Waals surface area contributed by atoms with Gasteiger partial charge in [0, 0.05) is 32.5 Å². The van der Waals surface area contributed by atoms with Gasteiger partial charge in [-0.25, -0.2) is 4.79 Å². The summed E-state index contributed by atoms with van der Waals surface area (Å²) in [5, 5.41) is 8.55. The molecule has 0 spiro atoms. The first-order chi connectivity index (χ1) is 6.16. The van der Waals surface area contributed by atoms with E-state index in [1.165, 1.54) is 16.8 Å². The number of hydrogen-bond donors (Lipinski definition) is 1. The average Bonchev–Trinajstić information content (AvgIpc) is 2.12. The molecule has 72 valence electrons. The van der Waals surface area contributed by atoms with Crippen molar-refractivity contribution >= 4 is 0 Å². The van der Waals surface area contributed by atoms with E-state index < -0.39 is 0 Å². The van der Waals surface area contributed by atoms with Crippen molar-refractivity contribution in [3.63, 3.8) is 0 Å². The fraction of sp³-hybridized carbons (Fsp3) is 0.500. The highest BCUT2D eigenvalue weighted by atomic mass is 16.3. The zero-order valence-electron chi connectivity index (χ0n) is 7.43. The fourth-order valence-electron chi connectivity index (χ4n) is 1.05. The monoisotopic (exact) mass is 184 g/mol. The highest BCUT2D eigenvalue weighted by Crippen LogP contribution is 1.80. The molecular weight excluding hydrogens is 172 g/mol. The molecule has 0 amide bonds. The smallest absolute Gasteiger partial charge is 0.330 e. The van der Waals surface area contributed by atoms with E-state index in [1.54, 1.807) is 7.05 Å². The Balaban J connectivity index is 3.11. The van der Waals surface area contributed by atoms with E-state index in [0.29, 0.717) is 6.42 Å². The van der Waals surface area contributed by atoms with Crippen molar-refractivity contribution in [2.24, 2.45) is 7.05 Å². The molecular formula is C8H12N2O3. The summed E-state index contributed by atoms with van der Waals surface area (Å²) < 4.78 is 2.44. The highest BCUT2D eigenvalue weighted by Gasteiger charge is 2.00. The molecule has 1 aromatic rings. The van der Waals surface area contributed by atoms with Gasteiger partial charge in [-0.2, -0.15) is 0 Å². The van der Waals surface area contributed by atoms with E-state index in [-0.39, 0.29) is 24.4 Å². The zero-order chi connectivity index (χ0) is 9.84. The Morgan fingerprint density at radius 3 is 2.77 bits per heavy atom. The van der Waals surface area contributed by atoms with Gasteiger partial charge in [-0.3, -0.25) is 9.36 Å². The van der Waals surface area contributed by atoms with Crippen molar-refractivity contribution in [1.82, 2.24) is 9.13 Å². The summed E-state index contributed by atoms with van der Waals surface area (Å²) in [6.07, 6.45) is 1.85. The maximum Gasteiger partial charge on any atom is 0.330 e. The summed E-state index contributed by atoms with van der Waals surface area (Å²) in [5.74, 6) is 0. The van der Waals surface area contributed by atoms with Gasteiger partial charge in [0.25, 0.3) is 5.56 Å². The van der Waals surface area contributed by atoms with Crippen molar-refractivity contribution in [3.8, 4) is 0 Å². The molecule has 0 atom stereocenters. The number of aryl methyl sites for hydroxylation is 1. The van der Waals surface area contributed by atoms with Crippen LogP contribution < -0.4 is 11.2 Å². The minimum absolute atomic E-state index is 0.0233. The second kappa shape index (κ2) is 4.04. The minimum Gasteiger partial charge on any atom is -0.396 e. The molecule has 1 rings (SSSR count). The van der Waals surface area contributed by atoms with E-state index in [9.17, 15) is 9.59 Å². The van der Waals surface area contributed by atoms with Gasteiger partial charge >= 0.3 is 5.69 Å². The molecule has 1 aromatic heterocycles. The number of aliphatic hydroxyl groups is 1. The zero-order valence-corrected chi connectivity index (χ0v) is 7.43. The summed E-state index contributed by atoms with van der Waals surface area (Å²) in [5.41, 5.74) is -0.669. The first-order valence-electron chi connectivity index (χ1n) is 4.04. The van der Waals surface area contributed by atoms with Gasteiger partial charge in [0.2, 0.25) is 0 Å². The largest absolute Gasteiger partial charge is 0.396 e. The Hall–Kier alpha value is -1.36. The SMILES string of the molecule is Cn1ccc(=O)n(CCCO)c1=O. The minimum atomic E-state index is -0.346. The maximum atomic E-state index is 11.3. The van der Waals surface area contributed by atoms with Crippen LogP contribution in [0.25, 0.3) is 0 Å². The number of aliphatic hydroxyl groups excluding tert-OH is 1. The third-order valence-corrected chi connectivity index (χ3v) is 1.78. The van der Waals surface area contributed by atoms with Gasteiger partial charge in [0.15, 0.2) is 0 Å². The quantitative estimate of drug-likeness (QED) is 0.650. The van der Waals surface area contributed by atoms with Gasteiger partial charge < -0.3 is 9.67 Å². The van der Waals surface area contributed by atoms with Crippen molar-refractivity contribution in [2.45, 2.75) is 13.0 Å². The number of hydrogen-bond acceptors (Lipinski definition) is 3. The molecule has 0 saturated carbocycles. The lowest BCUT2D eigenvalue weighted by Gasteiger charge is -2.04. The molecule has 13 heavy (non-hydrogen) atoms. The third kappa shape index (κ3) is 2.06. The Kier molecular flexibility index (Phi) is 3.02. The van der Waals surface area contributed by atoms with Crippen LogP contribution in [-0.2, 0) is 13.6 Å². The Morgan fingerprint density at radius 2 is 2.15 bits per heavy atom. The lowest BCUT2D eigenvalue weighted by Crippen LogP contribution is -2.38. The standard InChI is InChI=1S/C8H12N2O3/c1-9-5-3-7(12)10(8(9)13)4-2-6-11/h3,5,11H,2,4,6H2,1H3. The molecule has 0 radical (unpaired) electrons. The molecule has 0 saturated heterocycles. The van der Waals surface area contributed by atoms with E-state index in [2.05, 4.69) is 0 Å². The van der Waals surface area contributed by atoms with Crippen LogP contribution in [0.15, 0.2) is 21.9 Å². The first-order valence-corrected chi connectivity index (χ1v) is 4.04. The van der Waals surface area contributed by atoms with Crippen molar-refractivity contribution in [1.29, 1.82) is 0 Å². The molecule has 0 aliphatic carbocycles. The van der Waals surface area contributed by atoms with Crippen LogP contribution in [0.1, 0.15) is 6.42 Å². The summed E-state index contributed by atoms with van der Waals surface area (Å²) in [6, 6.07) is 1.33. The van der Waals surface area contributed by atoms with E-state index in [0.717, 1.165) is 4.57 Å².